The first-order valence-corrected chi connectivity index (χ1v) is 11.3. The van der Waals surface area contributed by atoms with Gasteiger partial charge < -0.3 is 15.2 Å². The van der Waals surface area contributed by atoms with E-state index in [2.05, 4.69) is 45.6 Å². The highest BCUT2D eigenvalue weighted by Gasteiger charge is 2.28. The summed E-state index contributed by atoms with van der Waals surface area (Å²) in [5, 5.41) is 6.22. The predicted octanol–water partition coefficient (Wildman–Crippen LogP) is 4.45. The number of aromatic nitrogens is 4. The number of fused-ring (bicyclic) bond motifs is 1. The molecular weight excluding hydrogens is 412 g/mol. The van der Waals surface area contributed by atoms with Crippen molar-refractivity contribution in [3.8, 4) is 22.6 Å². The Labute approximate surface area is 191 Å². The van der Waals surface area contributed by atoms with Gasteiger partial charge in [-0.15, -0.1) is 0 Å². The van der Waals surface area contributed by atoms with E-state index in [1.54, 1.807) is 6.20 Å². The summed E-state index contributed by atoms with van der Waals surface area (Å²) in [6.07, 6.45) is 7.17. The molecular formula is C26H24N6O. The number of aryl methyl sites for hydroxylation is 1. The molecule has 0 bridgehead atoms. The van der Waals surface area contributed by atoms with Crippen LogP contribution in [0.4, 0.5) is 11.5 Å². The second-order valence-electron chi connectivity index (χ2n) is 8.72. The highest BCUT2D eigenvalue weighted by molar-refractivity contribution is 5.97. The summed E-state index contributed by atoms with van der Waals surface area (Å²) in [7, 11) is 2.07. The molecule has 0 saturated heterocycles. The zero-order valence-electron chi connectivity index (χ0n) is 18.4. The van der Waals surface area contributed by atoms with Crippen molar-refractivity contribution in [2.75, 3.05) is 11.9 Å². The Morgan fingerprint density at radius 2 is 1.85 bits per heavy atom. The molecule has 6 rings (SSSR count). The number of nitrogens with zero attached hydrogens (tertiary/aromatic N) is 4. The smallest absolute Gasteiger partial charge is 0.251 e. The van der Waals surface area contributed by atoms with E-state index in [0.29, 0.717) is 24.1 Å². The maximum absolute atomic E-state index is 12.0. The van der Waals surface area contributed by atoms with Crippen LogP contribution in [-0.4, -0.2) is 32.0 Å². The van der Waals surface area contributed by atoms with E-state index in [1.165, 1.54) is 18.7 Å². The van der Waals surface area contributed by atoms with Crippen molar-refractivity contribution in [2.45, 2.75) is 25.2 Å². The molecule has 164 valence electrons. The number of hydrogen-bond donors (Lipinski definition) is 2. The Balaban J connectivity index is 1.22. The summed E-state index contributed by atoms with van der Waals surface area (Å²) >= 11 is 0. The molecule has 1 aliphatic heterocycles. The van der Waals surface area contributed by atoms with E-state index >= 15 is 0 Å². The highest BCUT2D eigenvalue weighted by atomic mass is 16.1. The molecule has 0 spiro atoms. The van der Waals surface area contributed by atoms with Crippen molar-refractivity contribution in [2.24, 2.45) is 7.05 Å². The number of amides is 1. The fourth-order valence-electron chi connectivity index (χ4n) is 4.35. The summed E-state index contributed by atoms with van der Waals surface area (Å²) in [4.78, 5) is 26.0. The number of nitrogens with one attached hydrogen (secondary N) is 2. The summed E-state index contributed by atoms with van der Waals surface area (Å²) in [6, 6.07) is 15.9. The lowest BCUT2D eigenvalue weighted by molar-refractivity contribution is 0.0946. The van der Waals surface area contributed by atoms with E-state index < -0.39 is 0 Å². The van der Waals surface area contributed by atoms with E-state index in [9.17, 15) is 4.79 Å². The Hall–Kier alpha value is -4.00. The van der Waals surface area contributed by atoms with Gasteiger partial charge in [-0.3, -0.25) is 4.79 Å². The van der Waals surface area contributed by atoms with E-state index in [1.807, 2.05) is 36.4 Å². The zero-order chi connectivity index (χ0) is 22.4. The van der Waals surface area contributed by atoms with Gasteiger partial charge >= 0.3 is 0 Å². The monoisotopic (exact) mass is 436 g/mol. The highest BCUT2D eigenvalue weighted by Crippen LogP contribution is 2.40. The number of carbonyl (C=O) groups is 1. The van der Waals surface area contributed by atoms with Gasteiger partial charge in [0.15, 0.2) is 5.82 Å². The number of benzene rings is 2. The fourth-order valence-corrected chi connectivity index (χ4v) is 4.35. The second kappa shape index (κ2) is 7.85. The van der Waals surface area contributed by atoms with Gasteiger partial charge in [0, 0.05) is 54.3 Å². The largest absolute Gasteiger partial charge is 0.352 e. The molecule has 1 saturated carbocycles. The van der Waals surface area contributed by atoms with Crippen molar-refractivity contribution >= 4 is 17.4 Å². The average Bonchev–Trinajstić information content (AvgIpc) is 3.61. The molecule has 1 amide bonds. The van der Waals surface area contributed by atoms with Gasteiger partial charge in [0.25, 0.3) is 5.91 Å². The Morgan fingerprint density at radius 1 is 1.03 bits per heavy atom. The van der Waals surface area contributed by atoms with Crippen molar-refractivity contribution < 1.29 is 4.79 Å². The molecule has 2 N–H and O–H groups in total. The number of hydrogen-bond acceptors (Lipinski definition) is 5. The van der Waals surface area contributed by atoms with Crippen LogP contribution in [0.15, 0.2) is 60.9 Å². The molecule has 33 heavy (non-hydrogen) atoms. The van der Waals surface area contributed by atoms with Crippen molar-refractivity contribution in [1.82, 2.24) is 24.8 Å². The second-order valence-corrected chi connectivity index (χ2v) is 8.72. The third kappa shape index (κ3) is 3.86. The SMILES string of the molecule is Cn1cc(-c2ccc(-c3nccc(Nc4ccc5c(c4)CCNC5=O)n3)cc2)nc1C1CC1. The van der Waals surface area contributed by atoms with Gasteiger partial charge in [-0.25, -0.2) is 15.0 Å². The lowest BCUT2D eigenvalue weighted by Crippen LogP contribution is -2.31. The van der Waals surface area contributed by atoms with Crippen LogP contribution in [-0.2, 0) is 13.5 Å². The standard InChI is InChI=1S/C26H24N6O/c1-32-15-22(30-25(32)18-6-7-18)16-2-4-17(5-3-16)24-27-13-11-23(31-24)29-20-8-9-21-19(14-20)10-12-28-26(21)33/h2-5,8-9,11,13-15,18H,6-7,10,12H2,1H3,(H,28,33)(H,27,29,31). The van der Waals surface area contributed by atoms with Crippen molar-refractivity contribution in [3.05, 3.63) is 77.9 Å². The zero-order valence-corrected chi connectivity index (χ0v) is 18.4. The first kappa shape index (κ1) is 19.7. The number of anilines is 2. The summed E-state index contributed by atoms with van der Waals surface area (Å²) in [6.45, 7) is 0.670. The molecule has 0 unspecified atom stereocenters. The minimum Gasteiger partial charge on any atom is -0.352 e. The Kier molecular flexibility index (Phi) is 4.68. The predicted molar refractivity (Wildman–Crippen MR) is 127 cm³/mol. The quantitative estimate of drug-likeness (QED) is 0.483. The van der Waals surface area contributed by atoms with Crippen LogP contribution in [0, 0.1) is 0 Å². The summed E-state index contributed by atoms with van der Waals surface area (Å²) in [5.74, 6) is 3.16. The molecule has 1 aliphatic carbocycles. The molecule has 7 heteroatoms. The maximum atomic E-state index is 12.0. The molecule has 7 nitrogen and oxygen atoms in total. The molecule has 0 atom stereocenters. The van der Waals surface area contributed by atoms with Crippen molar-refractivity contribution in [1.29, 1.82) is 0 Å². The lowest BCUT2D eigenvalue weighted by atomic mass is 10.00. The maximum Gasteiger partial charge on any atom is 0.251 e. The van der Waals surface area contributed by atoms with Gasteiger partial charge in [0.05, 0.1) is 5.69 Å². The normalized spacial score (nSPS) is 15.1. The first-order chi connectivity index (χ1) is 16.1. The fraction of sp³-hybridized carbons (Fsp3) is 0.231. The Bertz CT molecular complexity index is 1350. The topological polar surface area (TPSA) is 84.7 Å². The third-order valence-electron chi connectivity index (χ3n) is 6.25. The lowest BCUT2D eigenvalue weighted by Gasteiger charge is -2.17. The molecule has 1 fully saturated rings. The van der Waals surface area contributed by atoms with Gasteiger partial charge in [-0.1, -0.05) is 24.3 Å². The van der Waals surface area contributed by atoms with Crippen LogP contribution in [0.1, 0.15) is 40.5 Å². The number of rotatable bonds is 5. The van der Waals surface area contributed by atoms with Gasteiger partial charge in [-0.05, 0) is 49.1 Å². The minimum absolute atomic E-state index is 0.00923. The number of imidazole rings is 1. The number of carbonyl (C=O) groups excluding carboxylic acids is 1. The molecule has 4 aromatic rings. The van der Waals surface area contributed by atoms with E-state index in [0.717, 1.165) is 40.1 Å². The van der Waals surface area contributed by atoms with Crippen LogP contribution in [0.2, 0.25) is 0 Å². The van der Waals surface area contributed by atoms with E-state index in [4.69, 9.17) is 9.97 Å². The van der Waals surface area contributed by atoms with Crippen LogP contribution >= 0.6 is 0 Å². The van der Waals surface area contributed by atoms with Gasteiger partial charge in [0.2, 0.25) is 0 Å². The van der Waals surface area contributed by atoms with Gasteiger partial charge in [-0.2, -0.15) is 0 Å². The summed E-state index contributed by atoms with van der Waals surface area (Å²) in [5.41, 5.74) is 5.74. The molecule has 2 aromatic carbocycles. The van der Waals surface area contributed by atoms with Crippen LogP contribution < -0.4 is 10.6 Å². The molecule has 2 aliphatic rings. The van der Waals surface area contributed by atoms with Crippen LogP contribution in [0.3, 0.4) is 0 Å². The minimum atomic E-state index is -0.00923. The third-order valence-corrected chi connectivity index (χ3v) is 6.25. The van der Waals surface area contributed by atoms with Crippen LogP contribution in [0.25, 0.3) is 22.6 Å². The van der Waals surface area contributed by atoms with Gasteiger partial charge in [0.1, 0.15) is 11.6 Å². The Morgan fingerprint density at radius 3 is 2.67 bits per heavy atom. The first-order valence-electron chi connectivity index (χ1n) is 11.3. The van der Waals surface area contributed by atoms with Crippen LogP contribution in [0.5, 0.6) is 0 Å². The molecule has 2 aromatic heterocycles. The van der Waals surface area contributed by atoms with Crippen molar-refractivity contribution in [3.63, 3.8) is 0 Å². The molecule has 0 radical (unpaired) electrons. The summed E-state index contributed by atoms with van der Waals surface area (Å²) < 4.78 is 2.15. The molecule has 3 heterocycles. The average molecular weight is 437 g/mol. The van der Waals surface area contributed by atoms with E-state index in [-0.39, 0.29) is 5.91 Å².